The van der Waals surface area contributed by atoms with Gasteiger partial charge in [0.05, 0.1) is 6.04 Å². The van der Waals surface area contributed by atoms with Gasteiger partial charge in [0, 0.05) is 18.7 Å². The minimum Gasteiger partial charge on any atom is -0.459 e. The molecule has 2 fully saturated rings. The van der Waals surface area contributed by atoms with Gasteiger partial charge in [-0.1, -0.05) is 19.1 Å². The Balaban J connectivity index is 1.91. The second kappa shape index (κ2) is 6.33. The van der Waals surface area contributed by atoms with Crippen LogP contribution in [0.4, 0.5) is 0 Å². The second-order valence-electron chi connectivity index (χ2n) is 7.09. The number of rotatable bonds is 0. The zero-order valence-corrected chi connectivity index (χ0v) is 14.4. The lowest BCUT2D eigenvalue weighted by atomic mass is 9.85. The third-order valence-corrected chi connectivity index (χ3v) is 5.55. The summed E-state index contributed by atoms with van der Waals surface area (Å²) in [6.45, 7) is 6.71. The highest BCUT2D eigenvalue weighted by Gasteiger charge is 2.45. The van der Waals surface area contributed by atoms with Gasteiger partial charge in [-0.2, -0.15) is 0 Å². The van der Waals surface area contributed by atoms with Crippen molar-refractivity contribution < 1.29 is 24.2 Å². The Labute approximate surface area is 142 Å². The first kappa shape index (κ1) is 17.2. The Morgan fingerprint density at radius 1 is 1.42 bits per heavy atom. The molecule has 0 spiro atoms. The van der Waals surface area contributed by atoms with E-state index in [2.05, 4.69) is 4.90 Å². The number of hydrogen-bond donors (Lipinski definition) is 1. The van der Waals surface area contributed by atoms with Gasteiger partial charge in [0.1, 0.15) is 12.7 Å². The van der Waals surface area contributed by atoms with Gasteiger partial charge in [0.2, 0.25) is 0 Å². The van der Waals surface area contributed by atoms with Crippen LogP contribution < -0.4 is 0 Å². The summed E-state index contributed by atoms with van der Waals surface area (Å²) in [4.78, 5) is 27.1. The van der Waals surface area contributed by atoms with Crippen LogP contribution in [0.2, 0.25) is 0 Å². The fraction of sp³-hybridized carbons (Fsp3) is 0.667. The number of esters is 2. The molecule has 2 saturated heterocycles. The minimum atomic E-state index is -1.65. The van der Waals surface area contributed by atoms with Crippen molar-refractivity contribution in [1.29, 1.82) is 0 Å². The number of allylic oxidation sites excluding steroid dienone is 1. The number of hydrogen-bond acceptors (Lipinski definition) is 6. The number of carbonyl (C=O) groups is 2. The van der Waals surface area contributed by atoms with E-state index in [1.54, 1.807) is 19.9 Å². The fourth-order valence-corrected chi connectivity index (χ4v) is 3.68. The van der Waals surface area contributed by atoms with E-state index in [9.17, 15) is 14.7 Å². The highest BCUT2D eigenvalue weighted by atomic mass is 16.6. The van der Waals surface area contributed by atoms with Crippen molar-refractivity contribution in [3.63, 3.8) is 0 Å². The van der Waals surface area contributed by atoms with Gasteiger partial charge in [-0.25, -0.2) is 9.59 Å². The molecule has 3 rings (SSSR count). The highest BCUT2D eigenvalue weighted by molar-refractivity contribution is 5.89. The Hall–Kier alpha value is -1.66. The molecule has 0 aromatic carbocycles. The molecule has 0 saturated carbocycles. The predicted octanol–water partition coefficient (Wildman–Crippen LogP) is 1.19. The van der Waals surface area contributed by atoms with Crippen LogP contribution in [0.5, 0.6) is 0 Å². The SMILES string of the molecule is C/C=C1/CC(C)[C@@](C)(O)C(=O)OCC2=CCN3CCC(OC1=O)[C@@H]23. The van der Waals surface area contributed by atoms with Crippen molar-refractivity contribution in [2.24, 2.45) is 5.92 Å². The molecule has 6 heteroatoms. The van der Waals surface area contributed by atoms with Crippen LogP contribution in [0.25, 0.3) is 0 Å². The monoisotopic (exact) mass is 335 g/mol. The van der Waals surface area contributed by atoms with E-state index < -0.39 is 17.5 Å². The lowest BCUT2D eigenvalue weighted by Crippen LogP contribution is -2.45. The molecule has 1 N–H and O–H groups in total. The summed E-state index contributed by atoms with van der Waals surface area (Å²) in [5, 5.41) is 10.6. The van der Waals surface area contributed by atoms with Gasteiger partial charge >= 0.3 is 11.9 Å². The van der Waals surface area contributed by atoms with Crippen molar-refractivity contribution >= 4 is 11.9 Å². The maximum atomic E-state index is 12.5. The van der Waals surface area contributed by atoms with E-state index in [4.69, 9.17) is 9.47 Å². The molecule has 4 atom stereocenters. The summed E-state index contributed by atoms with van der Waals surface area (Å²) in [5.74, 6) is -1.46. The van der Waals surface area contributed by atoms with E-state index in [0.717, 1.165) is 25.1 Å². The van der Waals surface area contributed by atoms with Gasteiger partial charge in [0.15, 0.2) is 5.60 Å². The molecule has 0 aromatic heterocycles. The first-order valence-electron chi connectivity index (χ1n) is 8.53. The Kier molecular flexibility index (Phi) is 4.53. The van der Waals surface area contributed by atoms with E-state index in [-0.39, 0.29) is 31.1 Å². The van der Waals surface area contributed by atoms with Crippen molar-refractivity contribution in [2.75, 3.05) is 19.7 Å². The number of nitrogens with zero attached hydrogens (tertiary/aromatic N) is 1. The van der Waals surface area contributed by atoms with Crippen LogP contribution >= 0.6 is 0 Å². The third kappa shape index (κ3) is 2.89. The van der Waals surface area contributed by atoms with E-state index in [0.29, 0.717) is 5.57 Å². The van der Waals surface area contributed by atoms with E-state index in [1.165, 1.54) is 6.92 Å². The maximum Gasteiger partial charge on any atom is 0.338 e. The molecule has 132 valence electrons. The van der Waals surface area contributed by atoms with Crippen molar-refractivity contribution in [2.45, 2.75) is 51.4 Å². The van der Waals surface area contributed by atoms with E-state index in [1.807, 2.05) is 6.08 Å². The van der Waals surface area contributed by atoms with Gasteiger partial charge in [0.25, 0.3) is 0 Å². The molecule has 0 radical (unpaired) electrons. The maximum absolute atomic E-state index is 12.5. The minimum absolute atomic E-state index is 0.0262. The molecule has 3 aliphatic rings. The number of ether oxygens (including phenoxy) is 2. The highest BCUT2D eigenvalue weighted by Crippen LogP contribution is 2.34. The number of cyclic esters (lactones) is 1. The molecule has 24 heavy (non-hydrogen) atoms. The third-order valence-electron chi connectivity index (χ3n) is 5.55. The van der Waals surface area contributed by atoms with Crippen LogP contribution in [0.1, 0.15) is 33.6 Å². The zero-order chi connectivity index (χ0) is 17.5. The summed E-state index contributed by atoms with van der Waals surface area (Å²) in [5.41, 5.74) is -0.218. The lowest BCUT2D eigenvalue weighted by Gasteiger charge is -2.31. The molecule has 6 nitrogen and oxygen atoms in total. The average molecular weight is 335 g/mol. The van der Waals surface area contributed by atoms with Crippen molar-refractivity contribution in [3.05, 3.63) is 23.3 Å². The molecular weight excluding hydrogens is 310 g/mol. The largest absolute Gasteiger partial charge is 0.459 e. The summed E-state index contributed by atoms with van der Waals surface area (Å²) in [6.07, 6.45) is 4.56. The Morgan fingerprint density at radius 3 is 2.88 bits per heavy atom. The van der Waals surface area contributed by atoms with Gasteiger partial charge < -0.3 is 14.6 Å². The van der Waals surface area contributed by atoms with Crippen LogP contribution in [-0.2, 0) is 19.1 Å². The summed E-state index contributed by atoms with van der Waals surface area (Å²) in [6, 6.07) is -0.0262. The predicted molar refractivity (Wildman–Crippen MR) is 87.1 cm³/mol. The Bertz CT molecular complexity index is 607. The summed E-state index contributed by atoms with van der Waals surface area (Å²) >= 11 is 0. The smallest absolute Gasteiger partial charge is 0.338 e. The fourth-order valence-electron chi connectivity index (χ4n) is 3.68. The first-order chi connectivity index (χ1) is 11.3. The Morgan fingerprint density at radius 2 is 2.17 bits per heavy atom. The normalized spacial score (nSPS) is 39.6. The van der Waals surface area contributed by atoms with Crippen LogP contribution in [0.3, 0.4) is 0 Å². The molecule has 0 amide bonds. The van der Waals surface area contributed by atoms with Gasteiger partial charge in [-0.15, -0.1) is 0 Å². The molecular formula is C18H25NO5. The molecule has 0 aromatic rings. The van der Waals surface area contributed by atoms with Crippen molar-refractivity contribution in [3.8, 4) is 0 Å². The van der Waals surface area contributed by atoms with Crippen LogP contribution in [-0.4, -0.2) is 59.4 Å². The quantitative estimate of drug-likeness (QED) is 0.407. The molecule has 0 bridgehead atoms. The van der Waals surface area contributed by atoms with E-state index >= 15 is 0 Å². The van der Waals surface area contributed by atoms with Crippen LogP contribution in [0, 0.1) is 5.92 Å². The number of carbonyl (C=O) groups excluding carboxylic acids is 2. The molecule has 3 heterocycles. The van der Waals surface area contributed by atoms with Crippen LogP contribution in [0.15, 0.2) is 23.3 Å². The second-order valence-corrected chi connectivity index (χ2v) is 7.09. The van der Waals surface area contributed by atoms with Gasteiger partial charge in [-0.05, 0) is 38.2 Å². The molecule has 3 aliphatic heterocycles. The molecule has 2 unspecified atom stereocenters. The number of aliphatic hydroxyl groups is 1. The topological polar surface area (TPSA) is 76.1 Å². The molecule has 0 aliphatic carbocycles. The summed E-state index contributed by atoms with van der Waals surface area (Å²) < 4.78 is 11.2. The van der Waals surface area contributed by atoms with Gasteiger partial charge in [-0.3, -0.25) is 4.90 Å². The standard InChI is InChI=1S/C18H25NO5/c1-4-12-9-11(2)18(3,22)17(21)23-10-13-5-7-19-8-6-14(15(13)19)24-16(12)20/h4-5,11,14-15,22H,6-10H2,1-3H3/b12-4-/t11?,14?,15-,18-/m1/s1. The first-order valence-corrected chi connectivity index (χ1v) is 8.53. The zero-order valence-electron chi connectivity index (χ0n) is 14.4. The lowest BCUT2D eigenvalue weighted by molar-refractivity contribution is -0.169. The average Bonchev–Trinajstić information content (AvgIpc) is 3.12. The summed E-state index contributed by atoms with van der Waals surface area (Å²) in [7, 11) is 0. The van der Waals surface area contributed by atoms with Crippen molar-refractivity contribution in [1.82, 2.24) is 4.90 Å².